The molecule has 1 N–H and O–H groups in total. The average molecular weight is 282 g/mol. The summed E-state index contributed by atoms with van der Waals surface area (Å²) in [6.45, 7) is 8.82. The van der Waals surface area contributed by atoms with Gasteiger partial charge in [-0.05, 0) is 25.8 Å². The molecule has 0 radical (unpaired) electrons. The summed E-state index contributed by atoms with van der Waals surface area (Å²) < 4.78 is 5.27. The number of morpholine rings is 1. The number of ether oxygens (including phenoxy) is 1. The SMILES string of the molecule is C=CCC1(CO)CCCN(CC(=O)N2CCOCC2)C1. The first kappa shape index (κ1) is 15.5. The summed E-state index contributed by atoms with van der Waals surface area (Å²) in [5.74, 6) is 0.181. The van der Waals surface area contributed by atoms with E-state index < -0.39 is 0 Å². The van der Waals surface area contributed by atoms with Gasteiger partial charge in [0, 0.05) is 25.0 Å². The van der Waals surface area contributed by atoms with Crippen molar-refractivity contribution in [3.05, 3.63) is 12.7 Å². The summed E-state index contributed by atoms with van der Waals surface area (Å²) in [4.78, 5) is 16.3. The lowest BCUT2D eigenvalue weighted by atomic mass is 9.78. The van der Waals surface area contributed by atoms with Crippen molar-refractivity contribution in [2.45, 2.75) is 19.3 Å². The van der Waals surface area contributed by atoms with E-state index >= 15 is 0 Å². The highest BCUT2D eigenvalue weighted by Gasteiger charge is 2.34. The molecule has 0 saturated carbocycles. The normalized spacial score (nSPS) is 28.4. The van der Waals surface area contributed by atoms with Gasteiger partial charge in [-0.15, -0.1) is 6.58 Å². The molecular weight excluding hydrogens is 256 g/mol. The van der Waals surface area contributed by atoms with Gasteiger partial charge in [-0.2, -0.15) is 0 Å². The molecule has 0 aromatic rings. The van der Waals surface area contributed by atoms with E-state index in [1.165, 1.54) is 0 Å². The second-order valence-electron chi connectivity index (χ2n) is 5.96. The molecule has 1 amide bonds. The minimum Gasteiger partial charge on any atom is -0.396 e. The molecule has 0 aromatic carbocycles. The molecular formula is C15H26N2O3. The molecule has 114 valence electrons. The maximum Gasteiger partial charge on any atom is 0.236 e. The number of carbonyl (C=O) groups is 1. The third-order valence-corrected chi connectivity index (χ3v) is 4.38. The minimum atomic E-state index is -0.106. The predicted molar refractivity (Wildman–Crippen MR) is 77.4 cm³/mol. The Balaban J connectivity index is 1.88. The number of hydrogen-bond donors (Lipinski definition) is 1. The van der Waals surface area contributed by atoms with E-state index in [0.29, 0.717) is 32.8 Å². The number of nitrogens with zero attached hydrogens (tertiary/aromatic N) is 2. The highest BCUT2D eigenvalue weighted by atomic mass is 16.5. The van der Waals surface area contributed by atoms with Crippen molar-refractivity contribution >= 4 is 5.91 Å². The summed E-state index contributed by atoms with van der Waals surface area (Å²) in [6, 6.07) is 0. The van der Waals surface area contributed by atoms with E-state index in [2.05, 4.69) is 11.5 Å². The van der Waals surface area contributed by atoms with Crippen LogP contribution in [0.1, 0.15) is 19.3 Å². The number of aliphatic hydroxyl groups is 1. The van der Waals surface area contributed by atoms with Gasteiger partial charge in [-0.3, -0.25) is 9.69 Å². The summed E-state index contributed by atoms with van der Waals surface area (Å²) in [7, 11) is 0. The van der Waals surface area contributed by atoms with E-state index in [1.807, 2.05) is 11.0 Å². The largest absolute Gasteiger partial charge is 0.396 e. The van der Waals surface area contributed by atoms with E-state index in [4.69, 9.17) is 4.74 Å². The molecule has 5 heteroatoms. The Morgan fingerprint density at radius 2 is 2.10 bits per heavy atom. The molecule has 2 saturated heterocycles. The standard InChI is InChI=1S/C15H26N2O3/c1-2-4-15(13-18)5-3-6-16(12-15)11-14(19)17-7-9-20-10-8-17/h2,18H,1,3-13H2. The fraction of sp³-hybridized carbons (Fsp3) is 0.800. The van der Waals surface area contributed by atoms with Crippen LogP contribution in [0, 0.1) is 5.41 Å². The van der Waals surface area contributed by atoms with Crippen molar-refractivity contribution in [3.63, 3.8) is 0 Å². The van der Waals surface area contributed by atoms with Gasteiger partial charge in [0.1, 0.15) is 0 Å². The number of carbonyl (C=O) groups excluding carboxylic acids is 1. The first-order chi connectivity index (χ1) is 9.69. The van der Waals surface area contributed by atoms with Gasteiger partial charge in [0.15, 0.2) is 0 Å². The van der Waals surface area contributed by atoms with Gasteiger partial charge in [0.2, 0.25) is 5.91 Å². The molecule has 1 atom stereocenters. The smallest absolute Gasteiger partial charge is 0.236 e. The second kappa shape index (κ2) is 7.20. The van der Waals surface area contributed by atoms with Crippen LogP contribution in [-0.4, -0.2) is 73.4 Å². The summed E-state index contributed by atoms with van der Waals surface area (Å²) in [6.07, 6.45) is 4.73. The monoisotopic (exact) mass is 282 g/mol. The zero-order valence-electron chi connectivity index (χ0n) is 12.2. The molecule has 0 bridgehead atoms. The Kier molecular flexibility index (Phi) is 5.57. The van der Waals surface area contributed by atoms with E-state index in [0.717, 1.165) is 32.4 Å². The van der Waals surface area contributed by atoms with Crippen molar-refractivity contribution < 1.29 is 14.6 Å². The molecule has 20 heavy (non-hydrogen) atoms. The molecule has 0 spiro atoms. The van der Waals surface area contributed by atoms with Gasteiger partial charge >= 0.3 is 0 Å². The van der Waals surface area contributed by atoms with E-state index in [1.54, 1.807) is 0 Å². The quantitative estimate of drug-likeness (QED) is 0.746. The second-order valence-corrected chi connectivity index (χ2v) is 5.96. The number of aliphatic hydroxyl groups excluding tert-OH is 1. The maximum absolute atomic E-state index is 12.3. The van der Waals surface area contributed by atoms with E-state index in [-0.39, 0.29) is 17.9 Å². The van der Waals surface area contributed by atoms with Crippen molar-refractivity contribution in [2.24, 2.45) is 5.41 Å². The van der Waals surface area contributed by atoms with Crippen LogP contribution in [0.2, 0.25) is 0 Å². The van der Waals surface area contributed by atoms with Gasteiger partial charge in [0.05, 0.1) is 26.4 Å². The number of rotatable bonds is 5. The Bertz CT molecular complexity index is 342. The summed E-state index contributed by atoms with van der Waals surface area (Å²) >= 11 is 0. The molecule has 5 nitrogen and oxygen atoms in total. The summed E-state index contributed by atoms with van der Waals surface area (Å²) in [5.41, 5.74) is -0.106. The molecule has 2 aliphatic heterocycles. The van der Waals surface area contributed by atoms with Gasteiger partial charge in [-0.25, -0.2) is 0 Å². The Morgan fingerprint density at radius 1 is 1.35 bits per heavy atom. The van der Waals surface area contributed by atoms with Crippen LogP contribution in [0.25, 0.3) is 0 Å². The highest BCUT2D eigenvalue weighted by molar-refractivity contribution is 5.78. The maximum atomic E-state index is 12.3. The van der Waals surface area contributed by atoms with Crippen LogP contribution < -0.4 is 0 Å². The van der Waals surface area contributed by atoms with Crippen LogP contribution in [0.4, 0.5) is 0 Å². The van der Waals surface area contributed by atoms with Gasteiger partial charge in [0.25, 0.3) is 0 Å². The summed E-state index contributed by atoms with van der Waals surface area (Å²) in [5, 5.41) is 9.69. The third-order valence-electron chi connectivity index (χ3n) is 4.38. The fourth-order valence-corrected chi connectivity index (χ4v) is 3.22. The minimum absolute atomic E-state index is 0.106. The molecule has 0 aliphatic carbocycles. The van der Waals surface area contributed by atoms with Crippen molar-refractivity contribution in [1.29, 1.82) is 0 Å². The van der Waals surface area contributed by atoms with Gasteiger partial charge in [-0.1, -0.05) is 6.08 Å². The van der Waals surface area contributed by atoms with E-state index in [9.17, 15) is 9.90 Å². The molecule has 0 aromatic heterocycles. The average Bonchev–Trinajstić information content (AvgIpc) is 2.49. The van der Waals surface area contributed by atoms with Crippen LogP contribution in [0.5, 0.6) is 0 Å². The van der Waals surface area contributed by atoms with Crippen molar-refractivity contribution in [3.8, 4) is 0 Å². The molecule has 2 fully saturated rings. The van der Waals surface area contributed by atoms with Crippen molar-refractivity contribution in [1.82, 2.24) is 9.80 Å². The molecule has 2 aliphatic rings. The van der Waals surface area contributed by atoms with Crippen molar-refractivity contribution in [2.75, 3.05) is 52.5 Å². The first-order valence-electron chi connectivity index (χ1n) is 7.49. The Morgan fingerprint density at radius 3 is 2.75 bits per heavy atom. The number of amides is 1. The lowest BCUT2D eigenvalue weighted by Crippen LogP contribution is -2.51. The first-order valence-corrected chi connectivity index (χ1v) is 7.49. The Hall–Kier alpha value is -0.910. The zero-order valence-corrected chi connectivity index (χ0v) is 12.2. The lowest BCUT2D eigenvalue weighted by molar-refractivity contribution is -0.137. The Labute approximate surface area is 121 Å². The van der Waals surface area contributed by atoms with Crippen LogP contribution >= 0.6 is 0 Å². The molecule has 2 rings (SSSR count). The number of likely N-dealkylation sites (tertiary alicyclic amines) is 1. The van der Waals surface area contributed by atoms with Gasteiger partial charge < -0.3 is 14.7 Å². The molecule has 1 unspecified atom stereocenters. The lowest BCUT2D eigenvalue weighted by Gasteiger charge is -2.41. The number of hydrogen-bond acceptors (Lipinski definition) is 4. The zero-order chi connectivity index (χ0) is 14.4. The highest BCUT2D eigenvalue weighted by Crippen LogP contribution is 2.33. The van der Waals surface area contributed by atoms with Crippen LogP contribution in [0.15, 0.2) is 12.7 Å². The topological polar surface area (TPSA) is 53.0 Å². The third kappa shape index (κ3) is 3.81. The fourth-order valence-electron chi connectivity index (χ4n) is 3.22. The molecule has 2 heterocycles. The van der Waals surface area contributed by atoms with Crippen LogP contribution in [0.3, 0.4) is 0 Å². The number of allylic oxidation sites excluding steroid dienone is 1. The number of piperidine rings is 1. The predicted octanol–water partition coefficient (Wildman–Crippen LogP) is 0.496. The van der Waals surface area contributed by atoms with Crippen LogP contribution in [-0.2, 0) is 9.53 Å².